The highest BCUT2D eigenvalue weighted by molar-refractivity contribution is 7.98. The van der Waals surface area contributed by atoms with E-state index in [1.807, 2.05) is 31.4 Å². The Morgan fingerprint density at radius 2 is 2.06 bits per heavy atom. The smallest absolute Gasteiger partial charge is 0.251 e. The summed E-state index contributed by atoms with van der Waals surface area (Å²) in [5.41, 5.74) is 1.94. The average molecular weight is 234 g/mol. The molecule has 16 heavy (non-hydrogen) atoms. The number of amides is 1. The predicted octanol–water partition coefficient (Wildman–Crippen LogP) is 2.22. The van der Waals surface area contributed by atoms with E-state index >= 15 is 0 Å². The highest BCUT2D eigenvalue weighted by Gasteiger charge is 2.31. The van der Waals surface area contributed by atoms with E-state index in [2.05, 4.69) is 11.2 Å². The van der Waals surface area contributed by atoms with Crippen molar-refractivity contribution in [1.82, 2.24) is 5.01 Å². The monoisotopic (exact) mass is 234 g/mol. The van der Waals surface area contributed by atoms with E-state index in [0.29, 0.717) is 0 Å². The highest BCUT2D eigenvalue weighted by Crippen LogP contribution is 2.26. The van der Waals surface area contributed by atoms with Gasteiger partial charge in [-0.05, 0) is 19.2 Å². The quantitative estimate of drug-likeness (QED) is 0.735. The molecule has 1 amide bonds. The molecule has 0 fully saturated rings. The van der Waals surface area contributed by atoms with Gasteiger partial charge in [0.05, 0.1) is 11.6 Å². The van der Waals surface area contributed by atoms with Crippen molar-refractivity contribution in [3.8, 4) is 0 Å². The van der Waals surface area contributed by atoms with Gasteiger partial charge in [-0.1, -0.05) is 18.2 Å². The lowest BCUT2D eigenvalue weighted by atomic mass is 9.99. The molecule has 2 rings (SSSR count). The lowest BCUT2D eigenvalue weighted by molar-refractivity contribution is -0.130. The summed E-state index contributed by atoms with van der Waals surface area (Å²) in [6, 6.07) is 8.06. The van der Waals surface area contributed by atoms with Crippen LogP contribution in [-0.4, -0.2) is 29.9 Å². The van der Waals surface area contributed by atoms with E-state index in [-0.39, 0.29) is 11.8 Å². The molecule has 0 radical (unpaired) electrons. The van der Waals surface area contributed by atoms with Gasteiger partial charge in [-0.2, -0.15) is 5.10 Å². The van der Waals surface area contributed by atoms with E-state index in [0.717, 1.165) is 16.2 Å². The average Bonchev–Trinajstić information content (AvgIpc) is 2.57. The first-order valence-electron chi connectivity index (χ1n) is 5.14. The topological polar surface area (TPSA) is 32.7 Å². The van der Waals surface area contributed by atoms with Gasteiger partial charge in [0.15, 0.2) is 0 Å². The number of benzene rings is 1. The van der Waals surface area contributed by atoms with Gasteiger partial charge in [0.1, 0.15) is 0 Å². The number of hydrogen-bond acceptors (Lipinski definition) is 3. The maximum absolute atomic E-state index is 11.7. The van der Waals surface area contributed by atoms with Crippen molar-refractivity contribution < 1.29 is 4.79 Å². The van der Waals surface area contributed by atoms with Gasteiger partial charge in [0, 0.05) is 17.5 Å². The summed E-state index contributed by atoms with van der Waals surface area (Å²) in [5, 5.41) is 5.74. The number of nitrogens with zero attached hydrogens (tertiary/aromatic N) is 2. The minimum absolute atomic E-state index is 0.0610. The Hall–Kier alpha value is -1.29. The minimum Gasteiger partial charge on any atom is -0.272 e. The Kier molecular flexibility index (Phi) is 3.01. The molecular weight excluding hydrogens is 220 g/mol. The molecule has 1 atom stereocenters. The Balaban J connectivity index is 2.46. The molecule has 1 aromatic carbocycles. The van der Waals surface area contributed by atoms with E-state index in [4.69, 9.17) is 0 Å². The van der Waals surface area contributed by atoms with Crippen molar-refractivity contribution in [2.45, 2.75) is 11.8 Å². The third-order valence-electron chi connectivity index (χ3n) is 2.74. The summed E-state index contributed by atoms with van der Waals surface area (Å²) in [6.45, 7) is 1.90. The fourth-order valence-corrected chi connectivity index (χ4v) is 2.45. The van der Waals surface area contributed by atoms with E-state index in [9.17, 15) is 4.79 Å². The molecule has 0 saturated carbocycles. The lowest BCUT2D eigenvalue weighted by Crippen LogP contribution is -2.22. The largest absolute Gasteiger partial charge is 0.272 e. The van der Waals surface area contributed by atoms with Crippen LogP contribution < -0.4 is 0 Å². The van der Waals surface area contributed by atoms with Crippen LogP contribution in [0.4, 0.5) is 0 Å². The third-order valence-corrected chi connectivity index (χ3v) is 3.54. The van der Waals surface area contributed by atoms with Crippen LogP contribution >= 0.6 is 11.8 Å². The van der Waals surface area contributed by atoms with Crippen molar-refractivity contribution >= 4 is 23.4 Å². The molecular formula is C12H14N2OS. The summed E-state index contributed by atoms with van der Waals surface area (Å²) in [7, 11) is 1.70. The van der Waals surface area contributed by atoms with E-state index in [1.165, 1.54) is 5.01 Å². The number of thioether (sulfide) groups is 1. The standard InChI is InChI=1S/C12H14N2OS/c1-8-11(13-14(2)12(8)15)9-6-4-5-7-10(9)16-3/h4-8H,1-3H3. The van der Waals surface area contributed by atoms with Gasteiger partial charge in [0.2, 0.25) is 0 Å². The molecule has 0 saturated heterocycles. The van der Waals surface area contributed by atoms with Gasteiger partial charge < -0.3 is 0 Å². The molecule has 1 aromatic rings. The third kappa shape index (κ3) is 1.73. The molecule has 0 aliphatic carbocycles. The van der Waals surface area contributed by atoms with Gasteiger partial charge in [0.25, 0.3) is 5.91 Å². The fourth-order valence-electron chi connectivity index (χ4n) is 1.84. The van der Waals surface area contributed by atoms with Crippen molar-refractivity contribution in [1.29, 1.82) is 0 Å². The number of rotatable bonds is 2. The van der Waals surface area contributed by atoms with Crippen molar-refractivity contribution in [2.75, 3.05) is 13.3 Å². The molecule has 0 bridgehead atoms. The molecule has 4 heteroatoms. The van der Waals surface area contributed by atoms with Gasteiger partial charge >= 0.3 is 0 Å². The molecule has 0 N–H and O–H groups in total. The van der Waals surface area contributed by atoms with Crippen LogP contribution in [-0.2, 0) is 4.79 Å². The number of hydrogen-bond donors (Lipinski definition) is 0. The molecule has 1 aliphatic rings. The second-order valence-electron chi connectivity index (χ2n) is 3.77. The van der Waals surface area contributed by atoms with Crippen molar-refractivity contribution in [2.24, 2.45) is 11.0 Å². The summed E-state index contributed by atoms with van der Waals surface area (Å²) in [5.74, 6) is -0.0794. The summed E-state index contributed by atoms with van der Waals surface area (Å²) < 4.78 is 0. The zero-order valence-corrected chi connectivity index (χ0v) is 10.4. The summed E-state index contributed by atoms with van der Waals surface area (Å²) >= 11 is 1.68. The maximum atomic E-state index is 11.7. The minimum atomic E-state index is -0.140. The Labute approximate surface area is 99.5 Å². The van der Waals surface area contributed by atoms with Crippen LogP contribution in [0, 0.1) is 5.92 Å². The Bertz CT molecular complexity index is 456. The SMILES string of the molecule is CSc1ccccc1C1=NN(C)C(=O)C1C. The molecule has 0 spiro atoms. The normalized spacial score (nSPS) is 20.2. The van der Waals surface area contributed by atoms with Crippen LogP contribution in [0.25, 0.3) is 0 Å². The molecule has 3 nitrogen and oxygen atoms in total. The molecule has 1 aliphatic heterocycles. The number of carbonyl (C=O) groups is 1. The first kappa shape index (κ1) is 11.2. The van der Waals surface area contributed by atoms with Crippen LogP contribution in [0.2, 0.25) is 0 Å². The Morgan fingerprint density at radius 1 is 1.38 bits per heavy atom. The second kappa shape index (κ2) is 4.29. The summed E-state index contributed by atoms with van der Waals surface area (Å²) in [4.78, 5) is 12.9. The van der Waals surface area contributed by atoms with Crippen LogP contribution in [0.15, 0.2) is 34.3 Å². The first-order chi connectivity index (χ1) is 7.65. The second-order valence-corrected chi connectivity index (χ2v) is 4.62. The van der Waals surface area contributed by atoms with Crippen molar-refractivity contribution in [3.05, 3.63) is 29.8 Å². The van der Waals surface area contributed by atoms with Gasteiger partial charge in [-0.3, -0.25) is 4.79 Å². The van der Waals surface area contributed by atoms with Gasteiger partial charge in [-0.15, -0.1) is 11.8 Å². The number of hydrazone groups is 1. The van der Waals surface area contributed by atoms with Crippen molar-refractivity contribution in [3.63, 3.8) is 0 Å². The summed E-state index contributed by atoms with van der Waals surface area (Å²) in [6.07, 6.45) is 2.03. The maximum Gasteiger partial charge on any atom is 0.251 e. The molecule has 1 heterocycles. The predicted molar refractivity (Wildman–Crippen MR) is 66.7 cm³/mol. The number of carbonyl (C=O) groups excluding carboxylic acids is 1. The van der Waals surface area contributed by atoms with Crippen LogP contribution in [0.3, 0.4) is 0 Å². The fraction of sp³-hybridized carbons (Fsp3) is 0.333. The Morgan fingerprint density at radius 3 is 2.62 bits per heavy atom. The molecule has 0 aromatic heterocycles. The first-order valence-corrected chi connectivity index (χ1v) is 6.37. The van der Waals surface area contributed by atoms with Crippen LogP contribution in [0.1, 0.15) is 12.5 Å². The molecule has 1 unspecified atom stereocenters. The van der Waals surface area contributed by atoms with E-state index in [1.54, 1.807) is 18.8 Å². The van der Waals surface area contributed by atoms with Gasteiger partial charge in [-0.25, -0.2) is 5.01 Å². The molecule has 84 valence electrons. The zero-order valence-electron chi connectivity index (χ0n) is 9.60. The van der Waals surface area contributed by atoms with Crippen LogP contribution in [0.5, 0.6) is 0 Å². The lowest BCUT2D eigenvalue weighted by Gasteiger charge is -2.08. The zero-order chi connectivity index (χ0) is 11.7. The van der Waals surface area contributed by atoms with E-state index < -0.39 is 0 Å². The highest BCUT2D eigenvalue weighted by atomic mass is 32.2.